The van der Waals surface area contributed by atoms with E-state index in [1.54, 1.807) is 12.4 Å². The molecule has 0 saturated carbocycles. The molecule has 54 valence electrons. The Morgan fingerprint density at radius 1 is 1.60 bits per heavy atom. The van der Waals surface area contributed by atoms with E-state index in [0.717, 1.165) is 10.0 Å². The topological polar surface area (TPSA) is 38.9 Å². The summed E-state index contributed by atoms with van der Waals surface area (Å²) in [6.45, 7) is 2.58. The molecular weight excluding hydrogens is 192 g/mol. The number of halogens is 1. The fraction of sp³-hybridized carbons (Fsp3) is 0.286. The van der Waals surface area contributed by atoms with Crippen LogP contribution in [-0.4, -0.2) is 4.98 Å². The highest BCUT2D eigenvalue weighted by Gasteiger charge is 1.98. The van der Waals surface area contributed by atoms with Crippen molar-refractivity contribution in [3.05, 3.63) is 28.0 Å². The molecular formula is C7H9BrN2. The molecule has 0 aliphatic heterocycles. The predicted octanol–water partition coefficient (Wildman–Crippen LogP) is 1.61. The second-order valence-electron chi connectivity index (χ2n) is 2.11. The zero-order valence-electron chi connectivity index (χ0n) is 5.76. The van der Waals surface area contributed by atoms with Crippen molar-refractivity contribution in [1.29, 1.82) is 0 Å². The van der Waals surface area contributed by atoms with Crippen LogP contribution in [0.3, 0.4) is 0 Å². The van der Waals surface area contributed by atoms with E-state index in [0.29, 0.717) is 6.54 Å². The minimum absolute atomic E-state index is 0.554. The van der Waals surface area contributed by atoms with Crippen molar-refractivity contribution in [1.82, 2.24) is 4.98 Å². The van der Waals surface area contributed by atoms with Crippen LogP contribution in [0.25, 0.3) is 0 Å². The molecule has 0 aliphatic carbocycles. The number of nitrogens with two attached hydrogens (primary N) is 1. The lowest BCUT2D eigenvalue weighted by Crippen LogP contribution is -1.99. The molecule has 1 aromatic heterocycles. The Morgan fingerprint density at radius 3 is 2.80 bits per heavy atom. The van der Waals surface area contributed by atoms with E-state index in [-0.39, 0.29) is 0 Å². The number of aromatic nitrogens is 1. The minimum atomic E-state index is 0.554. The van der Waals surface area contributed by atoms with E-state index in [2.05, 4.69) is 20.9 Å². The lowest BCUT2D eigenvalue weighted by atomic mass is 10.2. The van der Waals surface area contributed by atoms with Gasteiger partial charge in [-0.3, -0.25) is 4.98 Å². The lowest BCUT2D eigenvalue weighted by Gasteiger charge is -2.01. The van der Waals surface area contributed by atoms with Gasteiger partial charge >= 0.3 is 0 Å². The van der Waals surface area contributed by atoms with E-state index >= 15 is 0 Å². The summed E-state index contributed by atoms with van der Waals surface area (Å²) in [6.07, 6.45) is 3.56. The van der Waals surface area contributed by atoms with Gasteiger partial charge in [0.2, 0.25) is 0 Å². The SMILES string of the molecule is Cc1c(Br)cncc1CN. The van der Waals surface area contributed by atoms with Crippen molar-refractivity contribution in [2.24, 2.45) is 5.73 Å². The van der Waals surface area contributed by atoms with Gasteiger partial charge in [-0.2, -0.15) is 0 Å². The van der Waals surface area contributed by atoms with E-state index in [4.69, 9.17) is 5.73 Å². The summed E-state index contributed by atoms with van der Waals surface area (Å²) < 4.78 is 1.02. The number of nitrogens with zero attached hydrogens (tertiary/aromatic N) is 1. The standard InChI is InChI=1S/C7H9BrN2/c1-5-6(2-9)3-10-4-7(5)8/h3-4H,2,9H2,1H3. The van der Waals surface area contributed by atoms with Crippen LogP contribution in [-0.2, 0) is 6.54 Å². The zero-order chi connectivity index (χ0) is 7.56. The monoisotopic (exact) mass is 200 g/mol. The molecule has 10 heavy (non-hydrogen) atoms. The summed E-state index contributed by atoms with van der Waals surface area (Å²) in [5, 5.41) is 0. The van der Waals surface area contributed by atoms with E-state index in [1.807, 2.05) is 6.92 Å². The Balaban J connectivity index is 3.14. The largest absolute Gasteiger partial charge is 0.326 e. The van der Waals surface area contributed by atoms with Crippen molar-refractivity contribution in [2.45, 2.75) is 13.5 Å². The first kappa shape index (κ1) is 7.69. The molecule has 0 bridgehead atoms. The maximum Gasteiger partial charge on any atom is 0.0413 e. The smallest absolute Gasteiger partial charge is 0.0413 e. The van der Waals surface area contributed by atoms with Crippen LogP contribution >= 0.6 is 15.9 Å². The third-order valence-electron chi connectivity index (χ3n) is 1.48. The van der Waals surface area contributed by atoms with Gasteiger partial charge in [0.15, 0.2) is 0 Å². The molecule has 0 spiro atoms. The van der Waals surface area contributed by atoms with Crippen molar-refractivity contribution < 1.29 is 0 Å². The van der Waals surface area contributed by atoms with Crippen molar-refractivity contribution in [3.63, 3.8) is 0 Å². The molecule has 0 unspecified atom stereocenters. The van der Waals surface area contributed by atoms with Crippen LogP contribution in [0.2, 0.25) is 0 Å². The summed E-state index contributed by atoms with van der Waals surface area (Å²) in [5.41, 5.74) is 7.73. The molecule has 1 rings (SSSR count). The van der Waals surface area contributed by atoms with Gasteiger partial charge in [-0.15, -0.1) is 0 Å². The van der Waals surface area contributed by atoms with Crippen LogP contribution < -0.4 is 5.73 Å². The van der Waals surface area contributed by atoms with Crippen LogP contribution in [0, 0.1) is 6.92 Å². The van der Waals surface area contributed by atoms with E-state index in [1.165, 1.54) is 5.56 Å². The second kappa shape index (κ2) is 3.12. The number of hydrogen-bond acceptors (Lipinski definition) is 2. The van der Waals surface area contributed by atoms with Gasteiger partial charge in [0.25, 0.3) is 0 Å². The fourth-order valence-electron chi connectivity index (χ4n) is 0.746. The normalized spacial score (nSPS) is 9.90. The average molecular weight is 201 g/mol. The highest BCUT2D eigenvalue weighted by molar-refractivity contribution is 9.10. The molecule has 0 radical (unpaired) electrons. The van der Waals surface area contributed by atoms with E-state index in [9.17, 15) is 0 Å². The highest BCUT2D eigenvalue weighted by atomic mass is 79.9. The molecule has 1 aromatic rings. The molecule has 3 heteroatoms. The third-order valence-corrected chi connectivity index (χ3v) is 2.28. The highest BCUT2D eigenvalue weighted by Crippen LogP contribution is 2.16. The molecule has 0 atom stereocenters. The predicted molar refractivity (Wildman–Crippen MR) is 44.6 cm³/mol. The molecule has 2 nitrogen and oxygen atoms in total. The first-order chi connectivity index (χ1) is 4.75. The Kier molecular flexibility index (Phi) is 2.40. The molecule has 1 heterocycles. The van der Waals surface area contributed by atoms with Gasteiger partial charge in [-0.05, 0) is 34.0 Å². The molecule has 2 N–H and O–H groups in total. The van der Waals surface area contributed by atoms with Gasteiger partial charge in [-0.25, -0.2) is 0 Å². The van der Waals surface area contributed by atoms with E-state index < -0.39 is 0 Å². The summed E-state index contributed by atoms with van der Waals surface area (Å²) >= 11 is 3.37. The van der Waals surface area contributed by atoms with Crippen molar-refractivity contribution in [3.8, 4) is 0 Å². The number of pyridine rings is 1. The van der Waals surface area contributed by atoms with Crippen LogP contribution in [0.1, 0.15) is 11.1 Å². The van der Waals surface area contributed by atoms with Crippen molar-refractivity contribution in [2.75, 3.05) is 0 Å². The summed E-state index contributed by atoms with van der Waals surface area (Å²) in [5.74, 6) is 0. The Morgan fingerprint density at radius 2 is 2.30 bits per heavy atom. The molecule has 0 aliphatic rings. The number of rotatable bonds is 1. The first-order valence-electron chi connectivity index (χ1n) is 3.04. The third kappa shape index (κ3) is 1.36. The maximum absolute atomic E-state index is 5.46. The maximum atomic E-state index is 5.46. The van der Waals surface area contributed by atoms with Crippen molar-refractivity contribution >= 4 is 15.9 Å². The van der Waals surface area contributed by atoms with Crippen LogP contribution in [0.5, 0.6) is 0 Å². The molecule has 0 amide bonds. The van der Waals surface area contributed by atoms with Gasteiger partial charge < -0.3 is 5.73 Å². The van der Waals surface area contributed by atoms with Gasteiger partial charge in [0.05, 0.1) is 0 Å². The van der Waals surface area contributed by atoms with Gasteiger partial charge in [-0.1, -0.05) is 0 Å². The second-order valence-corrected chi connectivity index (χ2v) is 2.96. The molecule has 0 fully saturated rings. The Hall–Kier alpha value is -0.410. The average Bonchev–Trinajstić information content (AvgIpc) is 1.95. The summed E-state index contributed by atoms with van der Waals surface area (Å²) in [7, 11) is 0. The van der Waals surface area contributed by atoms with Gasteiger partial charge in [0.1, 0.15) is 0 Å². The first-order valence-corrected chi connectivity index (χ1v) is 3.84. The fourth-order valence-corrected chi connectivity index (χ4v) is 1.12. The van der Waals surface area contributed by atoms with Gasteiger partial charge in [0, 0.05) is 23.4 Å². The minimum Gasteiger partial charge on any atom is -0.326 e. The molecule has 0 aromatic carbocycles. The van der Waals surface area contributed by atoms with Crippen LogP contribution in [0.4, 0.5) is 0 Å². The zero-order valence-corrected chi connectivity index (χ0v) is 7.35. The summed E-state index contributed by atoms with van der Waals surface area (Å²) in [6, 6.07) is 0. The Labute approximate surface area is 68.6 Å². The quantitative estimate of drug-likeness (QED) is 0.749. The summed E-state index contributed by atoms with van der Waals surface area (Å²) in [4.78, 5) is 3.99. The van der Waals surface area contributed by atoms with Crippen LogP contribution in [0.15, 0.2) is 16.9 Å². The number of hydrogen-bond donors (Lipinski definition) is 1. The molecule has 0 saturated heterocycles. The lowest BCUT2D eigenvalue weighted by molar-refractivity contribution is 1.02. The Bertz CT molecular complexity index is 235.